The Morgan fingerprint density at radius 2 is 2.08 bits per heavy atom. The fourth-order valence-electron chi connectivity index (χ4n) is 2.57. The molecule has 26 heavy (non-hydrogen) atoms. The molecular formula is C17H15ClF3N3O2. The number of nitrogens with one attached hydrogen (secondary N) is 1. The molecule has 0 bridgehead atoms. The molecule has 0 saturated heterocycles. The Hall–Kier alpha value is -2.48. The second-order valence-corrected chi connectivity index (χ2v) is 6.04. The van der Waals surface area contributed by atoms with Crippen LogP contribution < -0.4 is 15.0 Å². The van der Waals surface area contributed by atoms with Crippen LogP contribution in [0.25, 0.3) is 0 Å². The smallest absolute Gasteiger partial charge is 0.417 e. The van der Waals surface area contributed by atoms with Crippen molar-refractivity contribution in [2.24, 2.45) is 0 Å². The zero-order valence-corrected chi connectivity index (χ0v) is 14.3. The van der Waals surface area contributed by atoms with Crippen LogP contribution in [0, 0.1) is 0 Å². The van der Waals surface area contributed by atoms with E-state index in [1.54, 1.807) is 17.0 Å². The van der Waals surface area contributed by atoms with Crippen LogP contribution in [0.15, 0.2) is 36.5 Å². The molecule has 1 aliphatic rings. The van der Waals surface area contributed by atoms with Gasteiger partial charge in [0.05, 0.1) is 16.3 Å². The first-order valence-corrected chi connectivity index (χ1v) is 8.23. The van der Waals surface area contributed by atoms with Crippen LogP contribution in [0.5, 0.6) is 5.75 Å². The molecule has 9 heteroatoms. The van der Waals surface area contributed by atoms with Gasteiger partial charge in [0.15, 0.2) is 6.61 Å². The minimum absolute atomic E-state index is 0.0171. The minimum atomic E-state index is -4.49. The molecule has 0 aliphatic carbocycles. The lowest BCUT2D eigenvalue weighted by molar-refractivity contribution is -0.137. The van der Waals surface area contributed by atoms with Crippen LogP contribution >= 0.6 is 11.6 Å². The Morgan fingerprint density at radius 1 is 1.31 bits per heavy atom. The highest BCUT2D eigenvalue weighted by Crippen LogP contribution is 2.33. The van der Waals surface area contributed by atoms with Crippen molar-refractivity contribution < 1.29 is 22.7 Å². The molecule has 1 aliphatic heterocycles. The van der Waals surface area contributed by atoms with Crippen molar-refractivity contribution in [1.29, 1.82) is 0 Å². The molecule has 0 radical (unpaired) electrons. The maximum Gasteiger partial charge on any atom is 0.417 e. The minimum Gasteiger partial charge on any atom is -0.482 e. The summed E-state index contributed by atoms with van der Waals surface area (Å²) >= 11 is 5.85. The lowest BCUT2D eigenvalue weighted by Gasteiger charge is -2.29. The average Bonchev–Trinajstić information content (AvgIpc) is 2.60. The van der Waals surface area contributed by atoms with Gasteiger partial charge in [0, 0.05) is 19.3 Å². The predicted octanol–water partition coefficient (Wildman–Crippen LogP) is 3.98. The molecule has 0 saturated carbocycles. The number of aromatic nitrogens is 1. The number of hydrogen-bond donors (Lipinski definition) is 1. The summed E-state index contributed by atoms with van der Waals surface area (Å²) in [6, 6.07) is 8.07. The van der Waals surface area contributed by atoms with E-state index < -0.39 is 11.7 Å². The van der Waals surface area contributed by atoms with Crippen molar-refractivity contribution in [1.82, 2.24) is 4.98 Å². The van der Waals surface area contributed by atoms with Gasteiger partial charge in [-0.1, -0.05) is 23.7 Å². The number of para-hydroxylation sites is 2. The number of fused-ring (bicyclic) bond motifs is 1. The quantitative estimate of drug-likeness (QED) is 0.791. The standard InChI is InChI=1S/C17H15ClF3N3O2/c18-12-8-11(17(19,20)21)9-23-16(12)22-6-3-7-24-13-4-1-2-5-14(13)26-10-15(24)25/h1-2,4-5,8-9H,3,6-7,10H2,(H,22,23). The molecule has 0 spiro atoms. The maximum atomic E-state index is 12.6. The first-order chi connectivity index (χ1) is 12.4. The highest BCUT2D eigenvalue weighted by molar-refractivity contribution is 6.32. The first-order valence-electron chi connectivity index (χ1n) is 7.85. The summed E-state index contributed by atoms with van der Waals surface area (Å²) in [5.41, 5.74) is -0.196. The summed E-state index contributed by atoms with van der Waals surface area (Å²) in [7, 11) is 0. The Bertz CT molecular complexity index is 814. The zero-order chi connectivity index (χ0) is 18.7. The Kier molecular flexibility index (Phi) is 5.22. The number of rotatable bonds is 5. The Balaban J connectivity index is 1.57. The molecule has 0 fully saturated rings. The summed E-state index contributed by atoms with van der Waals surface area (Å²) in [6.07, 6.45) is -3.20. The van der Waals surface area contributed by atoms with Crippen LogP contribution in [0.2, 0.25) is 5.02 Å². The zero-order valence-electron chi connectivity index (χ0n) is 13.5. The lowest BCUT2D eigenvalue weighted by atomic mass is 10.2. The van der Waals surface area contributed by atoms with Crippen molar-refractivity contribution in [2.75, 3.05) is 29.9 Å². The topological polar surface area (TPSA) is 54.5 Å². The molecule has 3 rings (SSSR count). The van der Waals surface area contributed by atoms with Gasteiger partial charge in [-0.3, -0.25) is 4.79 Å². The number of ether oxygens (including phenoxy) is 1. The third kappa shape index (κ3) is 4.01. The molecule has 138 valence electrons. The predicted molar refractivity (Wildman–Crippen MR) is 91.6 cm³/mol. The number of hydrogen-bond acceptors (Lipinski definition) is 4. The van der Waals surface area contributed by atoms with E-state index in [1.165, 1.54) is 0 Å². The van der Waals surface area contributed by atoms with E-state index in [-0.39, 0.29) is 23.4 Å². The summed E-state index contributed by atoms with van der Waals surface area (Å²) in [4.78, 5) is 17.4. The number of amides is 1. The van der Waals surface area contributed by atoms with Crippen LogP contribution in [0.4, 0.5) is 24.7 Å². The van der Waals surface area contributed by atoms with Gasteiger partial charge in [0.25, 0.3) is 5.91 Å². The number of carbonyl (C=O) groups is 1. The van der Waals surface area contributed by atoms with Crippen molar-refractivity contribution in [3.05, 3.63) is 47.1 Å². The molecule has 0 atom stereocenters. The molecule has 0 unspecified atom stereocenters. The third-order valence-corrected chi connectivity index (χ3v) is 4.12. The van der Waals surface area contributed by atoms with E-state index in [9.17, 15) is 18.0 Å². The number of alkyl halides is 3. The number of benzene rings is 1. The summed E-state index contributed by atoms with van der Waals surface area (Å²) < 4.78 is 43.2. The molecule has 1 aromatic heterocycles. The first kappa shape index (κ1) is 18.3. The number of anilines is 2. The molecule has 2 heterocycles. The average molecular weight is 386 g/mol. The Morgan fingerprint density at radius 3 is 2.81 bits per heavy atom. The van der Waals surface area contributed by atoms with Crippen molar-refractivity contribution >= 4 is 29.0 Å². The molecule has 5 nitrogen and oxygen atoms in total. The lowest BCUT2D eigenvalue weighted by Crippen LogP contribution is -2.39. The van der Waals surface area contributed by atoms with Gasteiger partial charge in [-0.25, -0.2) is 4.98 Å². The molecule has 1 N–H and O–H groups in total. The molecule has 1 aromatic carbocycles. The van der Waals surface area contributed by atoms with Gasteiger partial charge in [-0.05, 0) is 24.6 Å². The van der Waals surface area contributed by atoms with E-state index >= 15 is 0 Å². The SMILES string of the molecule is O=C1COc2ccccc2N1CCCNc1ncc(C(F)(F)F)cc1Cl. The van der Waals surface area contributed by atoms with Gasteiger partial charge in [-0.15, -0.1) is 0 Å². The highest BCUT2D eigenvalue weighted by atomic mass is 35.5. The van der Waals surface area contributed by atoms with Crippen LogP contribution in [-0.4, -0.2) is 30.6 Å². The number of carbonyl (C=O) groups excluding carboxylic acids is 1. The van der Waals surface area contributed by atoms with Gasteiger partial charge in [0.2, 0.25) is 0 Å². The van der Waals surface area contributed by atoms with Crippen molar-refractivity contribution in [2.45, 2.75) is 12.6 Å². The van der Waals surface area contributed by atoms with Gasteiger partial charge < -0.3 is 15.0 Å². The van der Waals surface area contributed by atoms with Gasteiger partial charge in [0.1, 0.15) is 11.6 Å². The second kappa shape index (κ2) is 7.41. The van der Waals surface area contributed by atoms with E-state index in [0.717, 1.165) is 12.3 Å². The number of nitrogens with zero attached hydrogens (tertiary/aromatic N) is 2. The van der Waals surface area contributed by atoms with E-state index in [4.69, 9.17) is 16.3 Å². The summed E-state index contributed by atoms with van der Waals surface area (Å²) in [5, 5.41) is 2.79. The molecule has 2 aromatic rings. The third-order valence-electron chi connectivity index (χ3n) is 3.83. The molecular weight excluding hydrogens is 371 g/mol. The van der Waals surface area contributed by atoms with Crippen LogP contribution in [-0.2, 0) is 11.0 Å². The van der Waals surface area contributed by atoms with E-state index in [2.05, 4.69) is 10.3 Å². The maximum absolute atomic E-state index is 12.6. The van der Waals surface area contributed by atoms with Gasteiger partial charge in [-0.2, -0.15) is 13.2 Å². The van der Waals surface area contributed by atoms with Gasteiger partial charge >= 0.3 is 6.18 Å². The largest absolute Gasteiger partial charge is 0.482 e. The highest BCUT2D eigenvalue weighted by Gasteiger charge is 2.31. The van der Waals surface area contributed by atoms with Crippen molar-refractivity contribution in [3.8, 4) is 5.75 Å². The van der Waals surface area contributed by atoms with Crippen LogP contribution in [0.3, 0.4) is 0 Å². The summed E-state index contributed by atoms with van der Waals surface area (Å²) in [6.45, 7) is 0.812. The van der Waals surface area contributed by atoms with Crippen LogP contribution in [0.1, 0.15) is 12.0 Å². The number of halogens is 4. The fraction of sp³-hybridized carbons (Fsp3) is 0.294. The van der Waals surface area contributed by atoms with E-state index in [1.807, 2.05) is 12.1 Å². The van der Waals surface area contributed by atoms with E-state index in [0.29, 0.717) is 30.9 Å². The normalized spacial score (nSPS) is 14.0. The summed E-state index contributed by atoms with van der Waals surface area (Å²) in [5.74, 6) is 0.676. The number of pyridine rings is 1. The molecule has 1 amide bonds. The monoisotopic (exact) mass is 385 g/mol. The van der Waals surface area contributed by atoms with Crippen molar-refractivity contribution in [3.63, 3.8) is 0 Å². The fourth-order valence-corrected chi connectivity index (χ4v) is 2.80. The second-order valence-electron chi connectivity index (χ2n) is 5.63. The Labute approximate surface area is 152 Å².